The summed E-state index contributed by atoms with van der Waals surface area (Å²) in [6, 6.07) is 13.3. The minimum absolute atomic E-state index is 0.403. The molecule has 2 aromatic rings. The van der Waals surface area contributed by atoms with Crippen LogP contribution in [0.25, 0.3) is 6.08 Å². The van der Waals surface area contributed by atoms with Gasteiger partial charge in [0.2, 0.25) is 0 Å². The monoisotopic (exact) mass is 310 g/mol. The van der Waals surface area contributed by atoms with Crippen LogP contribution in [0.5, 0.6) is 11.5 Å². The van der Waals surface area contributed by atoms with Gasteiger partial charge in [-0.15, -0.1) is 0 Å². The van der Waals surface area contributed by atoms with Crippen molar-refractivity contribution in [1.82, 2.24) is 0 Å². The summed E-state index contributed by atoms with van der Waals surface area (Å²) in [5.74, 6) is 0.928. The van der Waals surface area contributed by atoms with Gasteiger partial charge in [-0.25, -0.2) is 4.79 Å². The number of benzene rings is 2. The second kappa shape index (κ2) is 8.18. The highest BCUT2D eigenvalue weighted by Crippen LogP contribution is 2.20. The number of aryl methyl sites for hydroxylation is 2. The first-order chi connectivity index (χ1) is 11.1. The summed E-state index contributed by atoms with van der Waals surface area (Å²) in [6.07, 6.45) is 4.08. The Balaban J connectivity index is 2.06. The molecule has 120 valence electrons. The van der Waals surface area contributed by atoms with Crippen LogP contribution in [-0.4, -0.2) is 12.6 Å². The Labute approximate surface area is 137 Å². The predicted octanol–water partition coefficient (Wildman–Crippen LogP) is 4.71. The van der Waals surface area contributed by atoms with Crippen LogP contribution in [-0.2, 0) is 4.79 Å². The van der Waals surface area contributed by atoms with Crippen molar-refractivity contribution in [1.29, 1.82) is 0 Å². The van der Waals surface area contributed by atoms with E-state index in [1.807, 2.05) is 56.3 Å². The highest BCUT2D eigenvalue weighted by atomic mass is 16.5. The van der Waals surface area contributed by atoms with Crippen LogP contribution >= 0.6 is 0 Å². The van der Waals surface area contributed by atoms with Crippen LogP contribution in [0.2, 0.25) is 0 Å². The molecule has 0 unspecified atom stereocenters. The number of para-hydroxylation sites is 1. The van der Waals surface area contributed by atoms with Gasteiger partial charge in [0.25, 0.3) is 0 Å². The maximum Gasteiger partial charge on any atom is 0.336 e. The first kappa shape index (κ1) is 16.8. The number of esters is 1. The zero-order valence-electron chi connectivity index (χ0n) is 13.8. The van der Waals surface area contributed by atoms with E-state index in [0.717, 1.165) is 28.9 Å². The Morgan fingerprint density at radius 3 is 2.48 bits per heavy atom. The summed E-state index contributed by atoms with van der Waals surface area (Å²) < 4.78 is 11.0. The number of carbonyl (C=O) groups is 1. The van der Waals surface area contributed by atoms with E-state index in [1.54, 1.807) is 6.08 Å². The molecule has 2 aromatic carbocycles. The third kappa shape index (κ3) is 5.29. The van der Waals surface area contributed by atoms with Crippen molar-refractivity contribution in [3.05, 3.63) is 65.2 Å². The third-order valence-corrected chi connectivity index (χ3v) is 3.19. The van der Waals surface area contributed by atoms with Crippen molar-refractivity contribution in [3.8, 4) is 11.5 Å². The van der Waals surface area contributed by atoms with Gasteiger partial charge in [0, 0.05) is 11.6 Å². The van der Waals surface area contributed by atoms with Crippen molar-refractivity contribution < 1.29 is 14.3 Å². The molecule has 0 aliphatic carbocycles. The average molecular weight is 310 g/mol. The SMILES string of the molecule is CCCOc1ccccc1/C=C/C(=O)Oc1cc(C)cc(C)c1. The number of carbonyl (C=O) groups excluding carboxylic acids is 1. The third-order valence-electron chi connectivity index (χ3n) is 3.19. The van der Waals surface area contributed by atoms with Crippen molar-refractivity contribution in [3.63, 3.8) is 0 Å². The Hall–Kier alpha value is -2.55. The van der Waals surface area contributed by atoms with Gasteiger partial charge in [-0.05, 0) is 55.7 Å². The second-order valence-corrected chi connectivity index (χ2v) is 5.46. The van der Waals surface area contributed by atoms with E-state index in [9.17, 15) is 4.79 Å². The number of hydrogen-bond acceptors (Lipinski definition) is 3. The molecular weight excluding hydrogens is 288 g/mol. The Morgan fingerprint density at radius 2 is 1.78 bits per heavy atom. The maximum atomic E-state index is 12.0. The first-order valence-electron chi connectivity index (χ1n) is 7.78. The largest absolute Gasteiger partial charge is 0.493 e. The summed E-state index contributed by atoms with van der Waals surface area (Å²) in [7, 11) is 0. The molecule has 0 saturated carbocycles. The van der Waals surface area contributed by atoms with E-state index in [2.05, 4.69) is 6.92 Å². The van der Waals surface area contributed by atoms with Crippen LogP contribution in [0.15, 0.2) is 48.5 Å². The van der Waals surface area contributed by atoms with Crippen LogP contribution in [0.3, 0.4) is 0 Å². The molecule has 0 heterocycles. The van der Waals surface area contributed by atoms with E-state index in [1.165, 1.54) is 6.08 Å². The topological polar surface area (TPSA) is 35.5 Å². The summed E-state index contributed by atoms with van der Waals surface area (Å²) >= 11 is 0. The van der Waals surface area contributed by atoms with Crippen LogP contribution in [0.4, 0.5) is 0 Å². The van der Waals surface area contributed by atoms with E-state index in [0.29, 0.717) is 12.4 Å². The van der Waals surface area contributed by atoms with Crippen LogP contribution < -0.4 is 9.47 Å². The predicted molar refractivity (Wildman–Crippen MR) is 92.8 cm³/mol. The van der Waals surface area contributed by atoms with Gasteiger partial charge in [0.15, 0.2) is 0 Å². The van der Waals surface area contributed by atoms with Gasteiger partial charge in [-0.3, -0.25) is 0 Å². The fourth-order valence-electron chi connectivity index (χ4n) is 2.26. The van der Waals surface area contributed by atoms with Crippen molar-refractivity contribution in [2.75, 3.05) is 6.61 Å². The minimum Gasteiger partial charge on any atom is -0.493 e. The minimum atomic E-state index is -0.403. The second-order valence-electron chi connectivity index (χ2n) is 5.46. The fourth-order valence-corrected chi connectivity index (χ4v) is 2.26. The lowest BCUT2D eigenvalue weighted by atomic mass is 10.1. The van der Waals surface area contributed by atoms with Gasteiger partial charge in [0.1, 0.15) is 11.5 Å². The Kier molecular flexibility index (Phi) is 5.98. The van der Waals surface area contributed by atoms with Crippen LogP contribution in [0.1, 0.15) is 30.0 Å². The molecule has 0 aliphatic rings. The zero-order chi connectivity index (χ0) is 16.7. The molecule has 0 saturated heterocycles. The van der Waals surface area contributed by atoms with Gasteiger partial charge in [-0.2, -0.15) is 0 Å². The first-order valence-corrected chi connectivity index (χ1v) is 7.78. The molecule has 3 nitrogen and oxygen atoms in total. The molecule has 0 amide bonds. The summed E-state index contributed by atoms with van der Waals surface area (Å²) in [5, 5.41) is 0. The number of ether oxygens (including phenoxy) is 2. The molecule has 2 rings (SSSR count). The molecule has 23 heavy (non-hydrogen) atoms. The molecular formula is C20H22O3. The van der Waals surface area contributed by atoms with E-state index in [-0.39, 0.29) is 0 Å². The molecule has 3 heteroatoms. The quantitative estimate of drug-likeness (QED) is 0.440. The molecule has 0 radical (unpaired) electrons. The Bertz CT molecular complexity index is 682. The van der Waals surface area contributed by atoms with Crippen molar-refractivity contribution in [2.24, 2.45) is 0 Å². The molecule has 0 spiro atoms. The van der Waals surface area contributed by atoms with E-state index in [4.69, 9.17) is 9.47 Å². The number of hydrogen-bond donors (Lipinski definition) is 0. The molecule has 0 atom stereocenters. The maximum absolute atomic E-state index is 12.0. The average Bonchev–Trinajstić information content (AvgIpc) is 2.50. The zero-order valence-corrected chi connectivity index (χ0v) is 13.8. The van der Waals surface area contributed by atoms with Gasteiger partial charge in [-0.1, -0.05) is 31.2 Å². The van der Waals surface area contributed by atoms with E-state index >= 15 is 0 Å². The van der Waals surface area contributed by atoms with Gasteiger partial charge >= 0.3 is 5.97 Å². The molecule has 0 aliphatic heterocycles. The molecule has 0 N–H and O–H groups in total. The molecule has 0 aromatic heterocycles. The summed E-state index contributed by atoms with van der Waals surface area (Å²) in [5.41, 5.74) is 2.99. The smallest absolute Gasteiger partial charge is 0.336 e. The lowest BCUT2D eigenvalue weighted by Gasteiger charge is -2.07. The lowest BCUT2D eigenvalue weighted by molar-refractivity contribution is -0.128. The standard InChI is InChI=1S/C20H22O3/c1-4-11-22-19-8-6-5-7-17(19)9-10-20(21)23-18-13-15(2)12-16(3)14-18/h5-10,12-14H,4,11H2,1-3H3/b10-9+. The highest BCUT2D eigenvalue weighted by Gasteiger charge is 2.04. The normalized spacial score (nSPS) is 10.7. The summed E-state index contributed by atoms with van der Waals surface area (Å²) in [4.78, 5) is 12.0. The highest BCUT2D eigenvalue weighted by molar-refractivity contribution is 5.89. The van der Waals surface area contributed by atoms with Crippen molar-refractivity contribution in [2.45, 2.75) is 27.2 Å². The molecule has 0 bridgehead atoms. The van der Waals surface area contributed by atoms with Gasteiger partial charge in [0.05, 0.1) is 6.61 Å². The lowest BCUT2D eigenvalue weighted by Crippen LogP contribution is -2.04. The van der Waals surface area contributed by atoms with Crippen LogP contribution in [0, 0.1) is 13.8 Å². The molecule has 0 fully saturated rings. The van der Waals surface area contributed by atoms with E-state index < -0.39 is 5.97 Å². The fraction of sp³-hybridized carbons (Fsp3) is 0.250. The Morgan fingerprint density at radius 1 is 1.09 bits per heavy atom. The number of rotatable bonds is 6. The summed E-state index contributed by atoms with van der Waals surface area (Å²) in [6.45, 7) is 6.65. The van der Waals surface area contributed by atoms with Crippen molar-refractivity contribution >= 4 is 12.0 Å². The van der Waals surface area contributed by atoms with Gasteiger partial charge < -0.3 is 9.47 Å².